The van der Waals surface area contributed by atoms with Crippen molar-refractivity contribution in [3.8, 4) is 17.2 Å². The molecule has 1 aliphatic rings. The summed E-state index contributed by atoms with van der Waals surface area (Å²) < 4.78 is 29.9. The van der Waals surface area contributed by atoms with E-state index in [9.17, 15) is 4.39 Å². The molecule has 1 N–H and O–H groups in total. The lowest BCUT2D eigenvalue weighted by Crippen LogP contribution is -2.10. The first-order valence-electron chi connectivity index (χ1n) is 6.67. The molecule has 1 aliphatic heterocycles. The summed E-state index contributed by atoms with van der Waals surface area (Å²) in [5.74, 6) is 1.63. The minimum atomic E-state index is -0.296. The van der Waals surface area contributed by atoms with Gasteiger partial charge in [-0.15, -0.1) is 0 Å². The van der Waals surface area contributed by atoms with Crippen molar-refractivity contribution >= 4 is 5.69 Å². The molecule has 21 heavy (non-hydrogen) atoms. The number of methoxy groups -OCH3 is 1. The Balaban J connectivity index is 1.85. The maximum absolute atomic E-state index is 14.0. The fourth-order valence-electron chi connectivity index (χ4n) is 2.42. The summed E-state index contributed by atoms with van der Waals surface area (Å²) in [6.45, 7) is 2.11. The van der Waals surface area contributed by atoms with Crippen molar-refractivity contribution < 1.29 is 18.6 Å². The molecule has 0 saturated heterocycles. The van der Waals surface area contributed by atoms with Crippen molar-refractivity contribution in [3.63, 3.8) is 0 Å². The van der Waals surface area contributed by atoms with Gasteiger partial charge in [0.05, 0.1) is 18.7 Å². The maximum Gasteiger partial charge on any atom is 0.231 e. The summed E-state index contributed by atoms with van der Waals surface area (Å²) in [5, 5.41) is 3.25. The Bertz CT molecular complexity index is 660. The van der Waals surface area contributed by atoms with Crippen LogP contribution in [0.3, 0.4) is 0 Å². The molecule has 2 aromatic rings. The Morgan fingerprint density at radius 2 is 2.00 bits per heavy atom. The van der Waals surface area contributed by atoms with Gasteiger partial charge in [0.25, 0.3) is 0 Å². The van der Waals surface area contributed by atoms with Crippen LogP contribution in [-0.2, 0) is 0 Å². The second-order valence-electron chi connectivity index (χ2n) is 4.79. The van der Waals surface area contributed by atoms with Crippen molar-refractivity contribution in [2.45, 2.75) is 13.0 Å². The second kappa shape index (κ2) is 5.52. The highest BCUT2D eigenvalue weighted by molar-refractivity contribution is 5.57. The molecule has 2 aromatic carbocycles. The third-order valence-corrected chi connectivity index (χ3v) is 3.42. The lowest BCUT2D eigenvalue weighted by atomic mass is 10.1. The van der Waals surface area contributed by atoms with E-state index in [4.69, 9.17) is 14.2 Å². The summed E-state index contributed by atoms with van der Waals surface area (Å²) in [6, 6.07) is 10.1. The molecular formula is C16H16FNO3. The zero-order chi connectivity index (χ0) is 14.8. The van der Waals surface area contributed by atoms with Gasteiger partial charge in [-0.2, -0.15) is 0 Å². The van der Waals surface area contributed by atoms with Crippen LogP contribution in [0.2, 0.25) is 0 Å². The third-order valence-electron chi connectivity index (χ3n) is 3.42. The van der Waals surface area contributed by atoms with Crippen LogP contribution in [0.4, 0.5) is 10.1 Å². The second-order valence-corrected chi connectivity index (χ2v) is 4.79. The van der Waals surface area contributed by atoms with Gasteiger partial charge in [0, 0.05) is 11.8 Å². The number of rotatable bonds is 4. The minimum absolute atomic E-state index is 0.232. The molecule has 110 valence electrons. The Hall–Kier alpha value is -2.43. The van der Waals surface area contributed by atoms with Crippen molar-refractivity contribution in [1.29, 1.82) is 0 Å². The fraction of sp³-hybridized carbons (Fsp3) is 0.250. The smallest absolute Gasteiger partial charge is 0.231 e. The minimum Gasteiger partial charge on any atom is -0.496 e. The van der Waals surface area contributed by atoms with E-state index in [-0.39, 0.29) is 18.7 Å². The fourth-order valence-corrected chi connectivity index (χ4v) is 2.42. The molecular weight excluding hydrogens is 273 g/mol. The number of halogens is 1. The molecule has 4 nitrogen and oxygen atoms in total. The van der Waals surface area contributed by atoms with E-state index in [1.165, 1.54) is 13.2 Å². The van der Waals surface area contributed by atoms with Gasteiger partial charge in [0.15, 0.2) is 11.5 Å². The standard InChI is InChI=1S/C16H16FNO3/c1-10(16-12(17)4-3-5-14(16)19-2)18-11-6-7-13-15(8-11)21-9-20-13/h3-8,10,18H,9H2,1-2H3. The summed E-state index contributed by atoms with van der Waals surface area (Å²) in [7, 11) is 1.53. The average molecular weight is 289 g/mol. The van der Waals surface area contributed by atoms with Crippen molar-refractivity contribution in [2.75, 3.05) is 19.2 Å². The van der Waals surface area contributed by atoms with Crippen molar-refractivity contribution in [1.82, 2.24) is 0 Å². The first-order chi connectivity index (χ1) is 10.2. The molecule has 0 aliphatic carbocycles. The van der Waals surface area contributed by atoms with E-state index in [1.807, 2.05) is 25.1 Å². The zero-order valence-electron chi connectivity index (χ0n) is 11.9. The first-order valence-corrected chi connectivity index (χ1v) is 6.67. The number of ether oxygens (including phenoxy) is 3. The largest absolute Gasteiger partial charge is 0.496 e. The summed E-state index contributed by atoms with van der Waals surface area (Å²) in [6.07, 6.45) is 0. The van der Waals surface area contributed by atoms with Gasteiger partial charge < -0.3 is 19.5 Å². The SMILES string of the molecule is COc1cccc(F)c1C(C)Nc1ccc2c(c1)OCO2. The molecule has 0 amide bonds. The average Bonchev–Trinajstić information content (AvgIpc) is 2.94. The van der Waals surface area contributed by atoms with Crippen LogP contribution in [0.5, 0.6) is 17.2 Å². The maximum atomic E-state index is 14.0. The molecule has 0 spiro atoms. The predicted molar refractivity (Wildman–Crippen MR) is 77.6 cm³/mol. The van der Waals surface area contributed by atoms with E-state index in [0.717, 1.165) is 11.4 Å². The highest BCUT2D eigenvalue weighted by Gasteiger charge is 2.18. The molecule has 5 heteroatoms. The Labute approximate surface area is 122 Å². The van der Waals surface area contributed by atoms with Crippen LogP contribution < -0.4 is 19.5 Å². The number of benzene rings is 2. The number of fused-ring (bicyclic) bond motifs is 1. The van der Waals surface area contributed by atoms with Crippen LogP contribution in [0.25, 0.3) is 0 Å². The van der Waals surface area contributed by atoms with Gasteiger partial charge in [0.1, 0.15) is 11.6 Å². The number of hydrogen-bond acceptors (Lipinski definition) is 4. The van der Waals surface area contributed by atoms with Crippen molar-refractivity contribution in [2.24, 2.45) is 0 Å². The monoisotopic (exact) mass is 289 g/mol. The van der Waals surface area contributed by atoms with E-state index < -0.39 is 0 Å². The van der Waals surface area contributed by atoms with Crippen LogP contribution in [-0.4, -0.2) is 13.9 Å². The Kier molecular flexibility index (Phi) is 3.56. The van der Waals surface area contributed by atoms with Crippen LogP contribution in [0.1, 0.15) is 18.5 Å². The van der Waals surface area contributed by atoms with Crippen LogP contribution in [0, 0.1) is 5.82 Å². The molecule has 1 heterocycles. The lowest BCUT2D eigenvalue weighted by molar-refractivity contribution is 0.174. The molecule has 0 fully saturated rings. The van der Waals surface area contributed by atoms with Gasteiger partial charge in [-0.1, -0.05) is 6.07 Å². The van der Waals surface area contributed by atoms with Crippen molar-refractivity contribution in [3.05, 3.63) is 47.8 Å². The summed E-state index contributed by atoms with van der Waals surface area (Å²) in [5.41, 5.74) is 1.33. The van der Waals surface area contributed by atoms with E-state index in [0.29, 0.717) is 17.1 Å². The van der Waals surface area contributed by atoms with Gasteiger partial charge in [-0.25, -0.2) is 4.39 Å². The Morgan fingerprint density at radius 3 is 2.81 bits per heavy atom. The normalized spacial score (nSPS) is 13.9. The van der Waals surface area contributed by atoms with E-state index in [2.05, 4.69) is 5.32 Å². The number of hydrogen-bond donors (Lipinski definition) is 1. The Morgan fingerprint density at radius 1 is 1.19 bits per heavy atom. The molecule has 0 aromatic heterocycles. The summed E-state index contributed by atoms with van der Waals surface area (Å²) in [4.78, 5) is 0. The molecule has 0 bridgehead atoms. The molecule has 1 unspecified atom stereocenters. The van der Waals surface area contributed by atoms with Gasteiger partial charge in [0.2, 0.25) is 6.79 Å². The molecule has 0 radical (unpaired) electrons. The lowest BCUT2D eigenvalue weighted by Gasteiger charge is -2.19. The quantitative estimate of drug-likeness (QED) is 0.931. The van der Waals surface area contributed by atoms with E-state index in [1.54, 1.807) is 12.1 Å². The summed E-state index contributed by atoms with van der Waals surface area (Å²) >= 11 is 0. The molecule has 0 saturated carbocycles. The van der Waals surface area contributed by atoms with Gasteiger partial charge >= 0.3 is 0 Å². The zero-order valence-corrected chi connectivity index (χ0v) is 11.9. The van der Waals surface area contributed by atoms with Gasteiger partial charge in [-0.05, 0) is 31.2 Å². The first kappa shape index (κ1) is 13.5. The third kappa shape index (κ3) is 2.59. The molecule has 3 rings (SSSR count). The predicted octanol–water partition coefficient (Wildman–Crippen LogP) is 3.74. The van der Waals surface area contributed by atoms with Gasteiger partial charge in [-0.3, -0.25) is 0 Å². The van der Waals surface area contributed by atoms with Crippen LogP contribution >= 0.6 is 0 Å². The topological polar surface area (TPSA) is 39.7 Å². The highest BCUT2D eigenvalue weighted by atomic mass is 19.1. The number of anilines is 1. The number of nitrogens with one attached hydrogen (secondary N) is 1. The highest BCUT2D eigenvalue weighted by Crippen LogP contribution is 2.36. The molecule has 1 atom stereocenters. The van der Waals surface area contributed by atoms with E-state index >= 15 is 0 Å². The van der Waals surface area contributed by atoms with Crippen LogP contribution in [0.15, 0.2) is 36.4 Å².